The van der Waals surface area contributed by atoms with Gasteiger partial charge >= 0.3 is 0 Å². The van der Waals surface area contributed by atoms with Crippen LogP contribution in [0, 0.1) is 11.8 Å². The van der Waals surface area contributed by atoms with Crippen molar-refractivity contribution >= 4 is 5.91 Å². The summed E-state index contributed by atoms with van der Waals surface area (Å²) in [5.41, 5.74) is 0.792. The average Bonchev–Trinajstić information content (AvgIpc) is 3.30. The van der Waals surface area contributed by atoms with E-state index in [1.54, 1.807) is 12.4 Å². The van der Waals surface area contributed by atoms with Gasteiger partial charge in [-0.1, -0.05) is 19.0 Å². The number of amides is 1. The lowest BCUT2D eigenvalue weighted by Crippen LogP contribution is -2.32. The number of carbonyl (C=O) groups excluding carboxylic acids is 1. The zero-order valence-electron chi connectivity index (χ0n) is 14.7. The lowest BCUT2D eigenvalue weighted by molar-refractivity contribution is -0.122. The van der Waals surface area contributed by atoms with E-state index in [2.05, 4.69) is 25.8 Å². The van der Waals surface area contributed by atoms with Crippen molar-refractivity contribution in [3.05, 3.63) is 30.4 Å². The second-order valence-corrected chi connectivity index (χ2v) is 6.88. The first-order valence-electron chi connectivity index (χ1n) is 8.87. The number of aromatic nitrogens is 3. The van der Waals surface area contributed by atoms with Gasteiger partial charge in [-0.25, -0.2) is 0 Å². The van der Waals surface area contributed by atoms with Crippen molar-refractivity contribution in [1.82, 2.24) is 25.8 Å². The molecule has 134 valence electrons. The molecule has 1 amide bonds. The molecule has 0 saturated carbocycles. The first-order chi connectivity index (χ1) is 12.1. The molecule has 1 saturated heterocycles. The van der Waals surface area contributed by atoms with Crippen LogP contribution in [0.2, 0.25) is 0 Å². The summed E-state index contributed by atoms with van der Waals surface area (Å²) in [5.74, 6) is 1.71. The molecular formula is C18H25N5O2. The molecule has 2 aromatic heterocycles. The van der Waals surface area contributed by atoms with Crippen LogP contribution in [0.3, 0.4) is 0 Å². The Labute approximate surface area is 147 Å². The predicted octanol–water partition coefficient (Wildman–Crippen LogP) is 2.33. The highest BCUT2D eigenvalue weighted by molar-refractivity contribution is 5.76. The van der Waals surface area contributed by atoms with Crippen LogP contribution < -0.4 is 10.6 Å². The van der Waals surface area contributed by atoms with Crippen molar-refractivity contribution in [3.63, 3.8) is 0 Å². The van der Waals surface area contributed by atoms with E-state index in [4.69, 9.17) is 4.52 Å². The molecule has 2 N–H and O–H groups in total. The van der Waals surface area contributed by atoms with E-state index in [1.807, 2.05) is 26.0 Å². The summed E-state index contributed by atoms with van der Waals surface area (Å²) in [7, 11) is 0. The molecule has 7 nitrogen and oxygen atoms in total. The van der Waals surface area contributed by atoms with E-state index in [0.717, 1.165) is 31.5 Å². The van der Waals surface area contributed by atoms with E-state index in [-0.39, 0.29) is 17.9 Å². The minimum Gasteiger partial charge on any atom is -0.344 e. The minimum absolute atomic E-state index is 0.0340. The summed E-state index contributed by atoms with van der Waals surface area (Å²) < 4.78 is 5.41. The van der Waals surface area contributed by atoms with Gasteiger partial charge in [-0.15, -0.1) is 0 Å². The Hall–Kier alpha value is -2.28. The SMILES string of the molecule is CC(C)C(NC(=O)CCC1CCNC1)c1nc(-c2cccnc2)no1. The molecule has 3 rings (SSSR count). The van der Waals surface area contributed by atoms with Crippen molar-refractivity contribution in [2.45, 2.75) is 39.2 Å². The molecule has 25 heavy (non-hydrogen) atoms. The molecule has 0 radical (unpaired) electrons. The van der Waals surface area contributed by atoms with Crippen LogP contribution >= 0.6 is 0 Å². The van der Waals surface area contributed by atoms with E-state index < -0.39 is 0 Å². The Morgan fingerprint density at radius 1 is 1.48 bits per heavy atom. The van der Waals surface area contributed by atoms with Gasteiger partial charge in [0.15, 0.2) is 0 Å². The lowest BCUT2D eigenvalue weighted by atomic mass is 10.0. The molecule has 0 bridgehead atoms. The molecule has 1 aliphatic rings. The van der Waals surface area contributed by atoms with Crippen molar-refractivity contribution in [1.29, 1.82) is 0 Å². The molecule has 3 heterocycles. The highest BCUT2D eigenvalue weighted by Crippen LogP contribution is 2.23. The molecule has 2 atom stereocenters. The van der Waals surface area contributed by atoms with Crippen molar-refractivity contribution < 1.29 is 9.32 Å². The van der Waals surface area contributed by atoms with Crippen molar-refractivity contribution in [3.8, 4) is 11.4 Å². The number of carbonyl (C=O) groups is 1. The van der Waals surface area contributed by atoms with Gasteiger partial charge in [-0.05, 0) is 49.9 Å². The van der Waals surface area contributed by atoms with Gasteiger partial charge in [-0.2, -0.15) is 4.98 Å². The second-order valence-electron chi connectivity index (χ2n) is 6.88. The first-order valence-corrected chi connectivity index (χ1v) is 8.87. The highest BCUT2D eigenvalue weighted by atomic mass is 16.5. The largest absolute Gasteiger partial charge is 0.344 e. The highest BCUT2D eigenvalue weighted by Gasteiger charge is 2.25. The minimum atomic E-state index is -0.285. The van der Waals surface area contributed by atoms with Crippen LogP contribution in [0.25, 0.3) is 11.4 Å². The topological polar surface area (TPSA) is 92.9 Å². The average molecular weight is 343 g/mol. The molecule has 7 heteroatoms. The van der Waals surface area contributed by atoms with E-state index in [1.165, 1.54) is 0 Å². The summed E-state index contributed by atoms with van der Waals surface area (Å²) in [6.45, 7) is 6.12. The summed E-state index contributed by atoms with van der Waals surface area (Å²) >= 11 is 0. The van der Waals surface area contributed by atoms with Crippen molar-refractivity contribution in [2.75, 3.05) is 13.1 Å². The third kappa shape index (κ3) is 4.63. The Morgan fingerprint density at radius 3 is 3.04 bits per heavy atom. The molecule has 2 aromatic rings. The van der Waals surface area contributed by atoms with Crippen LogP contribution in [0.1, 0.15) is 45.0 Å². The van der Waals surface area contributed by atoms with Crippen molar-refractivity contribution in [2.24, 2.45) is 11.8 Å². The Kier molecular flexibility index (Phi) is 5.75. The maximum Gasteiger partial charge on any atom is 0.249 e. The molecule has 0 aliphatic carbocycles. The van der Waals surface area contributed by atoms with E-state index >= 15 is 0 Å². The fraction of sp³-hybridized carbons (Fsp3) is 0.556. The number of nitrogens with zero attached hydrogens (tertiary/aromatic N) is 3. The maximum absolute atomic E-state index is 12.3. The Morgan fingerprint density at radius 2 is 2.36 bits per heavy atom. The van der Waals surface area contributed by atoms with Gasteiger partial charge < -0.3 is 15.2 Å². The predicted molar refractivity (Wildman–Crippen MR) is 93.5 cm³/mol. The lowest BCUT2D eigenvalue weighted by Gasteiger charge is -2.19. The Bertz CT molecular complexity index is 680. The fourth-order valence-electron chi connectivity index (χ4n) is 3.03. The molecule has 1 aliphatic heterocycles. The molecule has 2 unspecified atom stereocenters. The first kappa shape index (κ1) is 17.5. The second kappa shape index (κ2) is 8.20. The normalized spacial score (nSPS) is 18.4. The fourth-order valence-corrected chi connectivity index (χ4v) is 3.03. The standard InChI is InChI=1S/C18H25N5O2/c1-12(2)16(21-15(24)6-5-13-7-9-20-10-13)18-22-17(23-25-18)14-4-3-8-19-11-14/h3-4,8,11-13,16,20H,5-7,9-10H2,1-2H3,(H,21,24). The number of pyridine rings is 1. The van der Waals surface area contributed by atoms with Gasteiger partial charge in [-0.3, -0.25) is 9.78 Å². The molecule has 0 spiro atoms. The number of nitrogens with one attached hydrogen (secondary N) is 2. The Balaban J connectivity index is 1.62. The molecular weight excluding hydrogens is 318 g/mol. The maximum atomic E-state index is 12.3. The monoisotopic (exact) mass is 343 g/mol. The molecule has 0 aromatic carbocycles. The summed E-state index contributed by atoms with van der Waals surface area (Å²) in [4.78, 5) is 20.8. The van der Waals surface area contributed by atoms with Crippen LogP contribution in [-0.2, 0) is 4.79 Å². The third-order valence-corrected chi connectivity index (χ3v) is 4.55. The third-order valence-electron chi connectivity index (χ3n) is 4.55. The summed E-state index contributed by atoms with van der Waals surface area (Å²) in [6.07, 6.45) is 5.97. The van der Waals surface area contributed by atoms with Gasteiger partial charge in [0, 0.05) is 24.4 Å². The quantitative estimate of drug-likeness (QED) is 0.801. The van der Waals surface area contributed by atoms with Crippen LogP contribution in [-0.4, -0.2) is 34.1 Å². The molecule has 1 fully saturated rings. The van der Waals surface area contributed by atoms with Gasteiger partial charge in [0.25, 0.3) is 0 Å². The number of hydrogen-bond acceptors (Lipinski definition) is 6. The van der Waals surface area contributed by atoms with Gasteiger partial charge in [0.1, 0.15) is 6.04 Å². The van der Waals surface area contributed by atoms with Gasteiger partial charge in [0.2, 0.25) is 17.6 Å². The van der Waals surface area contributed by atoms with Crippen LogP contribution in [0.5, 0.6) is 0 Å². The zero-order valence-corrected chi connectivity index (χ0v) is 14.7. The van der Waals surface area contributed by atoms with Crippen LogP contribution in [0.4, 0.5) is 0 Å². The van der Waals surface area contributed by atoms with E-state index in [9.17, 15) is 4.79 Å². The van der Waals surface area contributed by atoms with E-state index in [0.29, 0.717) is 24.1 Å². The smallest absolute Gasteiger partial charge is 0.249 e. The summed E-state index contributed by atoms with van der Waals surface area (Å²) in [6, 6.07) is 3.41. The van der Waals surface area contributed by atoms with Crippen LogP contribution in [0.15, 0.2) is 29.0 Å². The zero-order chi connectivity index (χ0) is 17.6. The number of rotatable bonds is 7. The van der Waals surface area contributed by atoms with Gasteiger partial charge in [0.05, 0.1) is 0 Å². The summed E-state index contributed by atoms with van der Waals surface area (Å²) in [5, 5.41) is 10.4. The number of hydrogen-bond donors (Lipinski definition) is 2.